The van der Waals surface area contributed by atoms with Crippen molar-refractivity contribution in [1.29, 1.82) is 0 Å². The third-order valence-corrected chi connectivity index (χ3v) is 5.97. The Morgan fingerprint density at radius 2 is 2.00 bits per heavy atom. The molecule has 5 heteroatoms. The molecule has 2 aromatic carbocycles. The standard InChI is InChI=1S/C27H27NO4/c1-17(2)32-22-5-3-4-20(14-22)27-26(21-11-13-31-16-21)23-15-19(18-6-7-18)8-9-24(23)28(27)12-10-25(29)30/h3-5,8-9,11,13-18H,6-7,10,12H2,1-2H3,(H,29,30). The van der Waals surface area contributed by atoms with Crippen LogP contribution in [0.4, 0.5) is 0 Å². The van der Waals surface area contributed by atoms with E-state index in [4.69, 9.17) is 9.15 Å². The minimum absolute atomic E-state index is 0.0498. The number of aromatic nitrogens is 1. The maximum Gasteiger partial charge on any atom is 0.305 e. The van der Waals surface area contributed by atoms with E-state index in [-0.39, 0.29) is 12.5 Å². The number of ether oxygens (including phenoxy) is 1. The van der Waals surface area contributed by atoms with Crippen LogP contribution in [0.3, 0.4) is 0 Å². The molecule has 5 nitrogen and oxygen atoms in total. The average Bonchev–Trinajstić information content (AvgIpc) is 3.37. The zero-order valence-corrected chi connectivity index (χ0v) is 18.4. The van der Waals surface area contributed by atoms with Crippen LogP contribution in [-0.4, -0.2) is 21.7 Å². The number of furan rings is 1. The summed E-state index contributed by atoms with van der Waals surface area (Å²) in [4.78, 5) is 11.5. The summed E-state index contributed by atoms with van der Waals surface area (Å²) < 4.78 is 13.5. The largest absolute Gasteiger partial charge is 0.491 e. The number of carboxylic acid groups (broad SMARTS) is 1. The Balaban J connectivity index is 1.78. The van der Waals surface area contributed by atoms with Crippen molar-refractivity contribution in [2.24, 2.45) is 0 Å². The van der Waals surface area contributed by atoms with Crippen LogP contribution < -0.4 is 4.74 Å². The molecule has 0 atom stereocenters. The molecule has 0 bridgehead atoms. The van der Waals surface area contributed by atoms with Crippen molar-refractivity contribution in [2.75, 3.05) is 0 Å². The van der Waals surface area contributed by atoms with Gasteiger partial charge < -0.3 is 18.8 Å². The number of rotatable bonds is 8. The van der Waals surface area contributed by atoms with Crippen molar-refractivity contribution >= 4 is 16.9 Å². The molecule has 1 N–H and O–H groups in total. The molecule has 0 amide bonds. The van der Waals surface area contributed by atoms with Gasteiger partial charge in [0.25, 0.3) is 0 Å². The lowest BCUT2D eigenvalue weighted by atomic mass is 9.98. The van der Waals surface area contributed by atoms with Crippen molar-refractivity contribution in [3.63, 3.8) is 0 Å². The second-order valence-corrected chi connectivity index (χ2v) is 8.78. The molecule has 0 unspecified atom stereocenters. The second kappa shape index (κ2) is 8.23. The average molecular weight is 430 g/mol. The number of nitrogens with zero attached hydrogens (tertiary/aromatic N) is 1. The van der Waals surface area contributed by atoms with E-state index in [2.05, 4.69) is 28.8 Å². The SMILES string of the molecule is CC(C)Oc1cccc(-c2c(-c3ccoc3)c3cc(C4CC4)ccc3n2CCC(=O)O)c1. The first-order chi connectivity index (χ1) is 15.5. The lowest BCUT2D eigenvalue weighted by Gasteiger charge is -2.14. The fourth-order valence-corrected chi connectivity index (χ4v) is 4.47. The molecule has 2 aromatic heterocycles. The summed E-state index contributed by atoms with van der Waals surface area (Å²) in [7, 11) is 0. The van der Waals surface area contributed by atoms with Gasteiger partial charge in [0.05, 0.1) is 30.7 Å². The smallest absolute Gasteiger partial charge is 0.305 e. The van der Waals surface area contributed by atoms with E-state index >= 15 is 0 Å². The van der Waals surface area contributed by atoms with Gasteiger partial charge in [-0.25, -0.2) is 0 Å². The first-order valence-corrected chi connectivity index (χ1v) is 11.2. The molecule has 2 heterocycles. The highest BCUT2D eigenvalue weighted by molar-refractivity contribution is 6.05. The van der Waals surface area contributed by atoms with Crippen molar-refractivity contribution in [1.82, 2.24) is 4.57 Å². The molecule has 0 radical (unpaired) electrons. The number of aliphatic carboxylic acids is 1. The monoisotopic (exact) mass is 429 g/mol. The van der Waals surface area contributed by atoms with Crippen LogP contribution in [-0.2, 0) is 11.3 Å². The van der Waals surface area contributed by atoms with Crippen LogP contribution >= 0.6 is 0 Å². The Morgan fingerprint density at radius 3 is 2.69 bits per heavy atom. The Hall–Kier alpha value is -3.47. The molecule has 1 aliphatic rings. The van der Waals surface area contributed by atoms with Gasteiger partial charge in [0.2, 0.25) is 0 Å². The molecule has 0 spiro atoms. The summed E-state index contributed by atoms with van der Waals surface area (Å²) in [6.07, 6.45) is 6.02. The van der Waals surface area contributed by atoms with Gasteiger partial charge in [-0.2, -0.15) is 0 Å². The van der Waals surface area contributed by atoms with Crippen LogP contribution in [0.2, 0.25) is 0 Å². The highest BCUT2D eigenvalue weighted by Crippen LogP contribution is 2.46. The number of hydrogen-bond acceptors (Lipinski definition) is 3. The van der Waals surface area contributed by atoms with E-state index in [1.165, 1.54) is 18.4 Å². The highest BCUT2D eigenvalue weighted by atomic mass is 16.5. The van der Waals surface area contributed by atoms with E-state index in [9.17, 15) is 9.90 Å². The molecule has 0 aliphatic heterocycles. The predicted octanol–water partition coefficient (Wildman–Crippen LogP) is 6.71. The molecule has 164 valence electrons. The molecule has 5 rings (SSSR count). The van der Waals surface area contributed by atoms with Crippen LogP contribution in [0.5, 0.6) is 5.75 Å². The Labute approximate surface area is 187 Å². The summed E-state index contributed by atoms with van der Waals surface area (Å²) in [6.45, 7) is 4.40. The molecule has 1 aliphatic carbocycles. The highest BCUT2D eigenvalue weighted by Gasteiger charge is 2.26. The van der Waals surface area contributed by atoms with Crippen molar-refractivity contribution in [3.8, 4) is 28.1 Å². The Morgan fingerprint density at radius 1 is 1.16 bits per heavy atom. The van der Waals surface area contributed by atoms with Gasteiger partial charge in [-0.05, 0) is 68.5 Å². The summed E-state index contributed by atoms with van der Waals surface area (Å²) in [5.41, 5.74) is 6.43. The summed E-state index contributed by atoms with van der Waals surface area (Å²) >= 11 is 0. The fourth-order valence-electron chi connectivity index (χ4n) is 4.47. The number of hydrogen-bond donors (Lipinski definition) is 1. The number of fused-ring (bicyclic) bond motifs is 1. The van der Waals surface area contributed by atoms with E-state index in [0.29, 0.717) is 12.5 Å². The topological polar surface area (TPSA) is 64.6 Å². The fraction of sp³-hybridized carbons (Fsp3) is 0.296. The van der Waals surface area contributed by atoms with Crippen molar-refractivity contribution in [2.45, 2.75) is 51.7 Å². The van der Waals surface area contributed by atoms with Gasteiger partial charge in [-0.1, -0.05) is 18.2 Å². The second-order valence-electron chi connectivity index (χ2n) is 8.78. The third-order valence-electron chi connectivity index (χ3n) is 5.97. The number of aryl methyl sites for hydroxylation is 1. The van der Waals surface area contributed by atoms with E-state index in [0.717, 1.165) is 39.0 Å². The van der Waals surface area contributed by atoms with Gasteiger partial charge in [0, 0.05) is 34.1 Å². The minimum Gasteiger partial charge on any atom is -0.491 e. The molecular formula is C27H27NO4. The summed E-state index contributed by atoms with van der Waals surface area (Å²) in [6, 6.07) is 16.6. The minimum atomic E-state index is -0.811. The zero-order valence-electron chi connectivity index (χ0n) is 18.4. The van der Waals surface area contributed by atoms with Gasteiger partial charge in [-0.3, -0.25) is 4.79 Å². The summed E-state index contributed by atoms with van der Waals surface area (Å²) in [5, 5.41) is 10.6. The van der Waals surface area contributed by atoms with Crippen molar-refractivity contribution in [3.05, 3.63) is 66.6 Å². The maximum absolute atomic E-state index is 11.5. The molecule has 1 fully saturated rings. The maximum atomic E-state index is 11.5. The lowest BCUT2D eigenvalue weighted by Crippen LogP contribution is -2.07. The number of benzene rings is 2. The number of carboxylic acids is 1. The van der Waals surface area contributed by atoms with Crippen LogP contribution in [0.1, 0.15) is 44.6 Å². The molecule has 32 heavy (non-hydrogen) atoms. The van der Waals surface area contributed by atoms with E-state index in [1.54, 1.807) is 12.5 Å². The summed E-state index contributed by atoms with van der Waals surface area (Å²) in [5.74, 6) is 0.615. The van der Waals surface area contributed by atoms with E-state index in [1.807, 2.05) is 38.1 Å². The Kier molecular flexibility index (Phi) is 5.25. The first kappa shape index (κ1) is 20.4. The molecule has 0 saturated heterocycles. The van der Waals surface area contributed by atoms with Gasteiger partial charge >= 0.3 is 5.97 Å². The van der Waals surface area contributed by atoms with Crippen LogP contribution in [0.15, 0.2) is 65.5 Å². The van der Waals surface area contributed by atoms with Gasteiger partial charge in [0.1, 0.15) is 5.75 Å². The quantitative estimate of drug-likeness (QED) is 0.338. The Bertz CT molecular complexity index is 1260. The van der Waals surface area contributed by atoms with Gasteiger partial charge in [0.15, 0.2) is 0 Å². The normalized spacial score (nSPS) is 13.7. The predicted molar refractivity (Wildman–Crippen MR) is 125 cm³/mol. The van der Waals surface area contributed by atoms with Gasteiger partial charge in [-0.15, -0.1) is 0 Å². The first-order valence-electron chi connectivity index (χ1n) is 11.2. The molecule has 4 aromatic rings. The molecular weight excluding hydrogens is 402 g/mol. The van der Waals surface area contributed by atoms with Crippen LogP contribution in [0.25, 0.3) is 33.3 Å². The number of carbonyl (C=O) groups is 1. The van der Waals surface area contributed by atoms with Crippen LogP contribution in [0, 0.1) is 0 Å². The third kappa shape index (κ3) is 3.91. The lowest BCUT2D eigenvalue weighted by molar-refractivity contribution is -0.137. The van der Waals surface area contributed by atoms with Crippen molar-refractivity contribution < 1.29 is 19.1 Å². The zero-order chi connectivity index (χ0) is 22.2. The molecule has 1 saturated carbocycles. The van der Waals surface area contributed by atoms with E-state index < -0.39 is 5.97 Å².